The van der Waals surface area contributed by atoms with Gasteiger partial charge >= 0.3 is 0 Å². The van der Waals surface area contributed by atoms with Gasteiger partial charge in [0.15, 0.2) is 0 Å². The third kappa shape index (κ3) is 3.32. The quantitative estimate of drug-likeness (QED) is 0.673. The summed E-state index contributed by atoms with van der Waals surface area (Å²) in [5.41, 5.74) is 5.73. The lowest BCUT2D eigenvalue weighted by atomic mass is 9.99. The van der Waals surface area contributed by atoms with Crippen molar-refractivity contribution in [1.82, 2.24) is 14.9 Å². The Morgan fingerprint density at radius 2 is 1.93 bits per heavy atom. The molecule has 0 unspecified atom stereocenters. The fourth-order valence-electron chi connectivity index (χ4n) is 4.02. The van der Waals surface area contributed by atoms with Crippen LogP contribution in [0.15, 0.2) is 42.6 Å². The SMILES string of the molecule is Cc1cc(C)c2nc(C)cc(C(=O)N(C)[C@H](c3ccccn3)C3CC3)c2c1. The van der Waals surface area contributed by atoms with Crippen LogP contribution in [0.25, 0.3) is 10.9 Å². The summed E-state index contributed by atoms with van der Waals surface area (Å²) in [5.74, 6) is 0.532. The fourth-order valence-corrected chi connectivity index (χ4v) is 4.02. The van der Waals surface area contributed by atoms with Crippen LogP contribution in [0, 0.1) is 26.7 Å². The van der Waals surface area contributed by atoms with Crippen LogP contribution in [-0.2, 0) is 0 Å². The molecule has 4 rings (SSSR count). The Hall–Kier alpha value is -2.75. The van der Waals surface area contributed by atoms with Gasteiger partial charge in [-0.25, -0.2) is 0 Å². The second-order valence-corrected chi connectivity index (χ2v) is 7.74. The van der Waals surface area contributed by atoms with E-state index in [2.05, 4.69) is 35.9 Å². The third-order valence-corrected chi connectivity index (χ3v) is 5.40. The summed E-state index contributed by atoms with van der Waals surface area (Å²) >= 11 is 0. The van der Waals surface area contributed by atoms with Gasteiger partial charge in [0.05, 0.1) is 22.8 Å². The largest absolute Gasteiger partial charge is 0.333 e. The zero-order chi connectivity index (χ0) is 19.1. The molecule has 1 amide bonds. The molecule has 2 aromatic heterocycles. The Labute approximate surface area is 160 Å². The van der Waals surface area contributed by atoms with Gasteiger partial charge in [-0.05, 0) is 69.4 Å². The lowest BCUT2D eigenvalue weighted by Gasteiger charge is -2.28. The van der Waals surface area contributed by atoms with Crippen LogP contribution < -0.4 is 0 Å². The van der Waals surface area contributed by atoms with Crippen LogP contribution in [0.1, 0.15) is 51.8 Å². The summed E-state index contributed by atoms with van der Waals surface area (Å²) in [6.07, 6.45) is 4.10. The van der Waals surface area contributed by atoms with E-state index in [1.165, 1.54) is 0 Å². The molecule has 0 bridgehead atoms. The zero-order valence-electron chi connectivity index (χ0n) is 16.4. The predicted octanol–water partition coefficient (Wildman–Crippen LogP) is 4.78. The Morgan fingerprint density at radius 1 is 1.15 bits per heavy atom. The van der Waals surface area contributed by atoms with Crippen molar-refractivity contribution in [1.29, 1.82) is 0 Å². The molecule has 4 nitrogen and oxygen atoms in total. The highest BCUT2D eigenvalue weighted by Crippen LogP contribution is 2.44. The number of fused-ring (bicyclic) bond motifs is 1. The molecule has 138 valence electrons. The minimum absolute atomic E-state index is 0.0214. The number of aromatic nitrogens is 2. The Kier molecular flexibility index (Phi) is 4.42. The maximum absolute atomic E-state index is 13.6. The lowest BCUT2D eigenvalue weighted by molar-refractivity contribution is 0.0709. The normalized spacial score (nSPS) is 15.0. The van der Waals surface area contributed by atoms with Gasteiger partial charge in [0.1, 0.15) is 0 Å². The van der Waals surface area contributed by atoms with E-state index >= 15 is 0 Å². The Bertz CT molecular complexity index is 1010. The summed E-state index contributed by atoms with van der Waals surface area (Å²) in [6.45, 7) is 6.07. The number of carbonyl (C=O) groups is 1. The number of rotatable bonds is 4. The van der Waals surface area contributed by atoms with E-state index in [4.69, 9.17) is 0 Å². The van der Waals surface area contributed by atoms with Crippen LogP contribution in [0.5, 0.6) is 0 Å². The van der Waals surface area contributed by atoms with Gasteiger partial charge in [-0.3, -0.25) is 14.8 Å². The van der Waals surface area contributed by atoms with Crippen molar-refractivity contribution >= 4 is 16.8 Å². The number of amides is 1. The molecule has 1 aliphatic carbocycles. The highest BCUT2D eigenvalue weighted by atomic mass is 16.2. The molecule has 1 fully saturated rings. The molecule has 0 saturated heterocycles. The van der Waals surface area contributed by atoms with E-state index < -0.39 is 0 Å². The van der Waals surface area contributed by atoms with Crippen LogP contribution in [0.4, 0.5) is 0 Å². The molecular formula is C23H25N3O. The van der Waals surface area contributed by atoms with Gasteiger partial charge in [-0.15, -0.1) is 0 Å². The van der Waals surface area contributed by atoms with E-state index in [1.54, 1.807) is 0 Å². The standard InChI is InChI=1S/C23H25N3O/c1-14-11-15(2)21-18(12-14)19(13-16(3)25-21)23(27)26(4)22(17-8-9-17)20-7-5-6-10-24-20/h5-7,10-13,17,22H,8-9H2,1-4H3/t22-/m0/s1. The molecule has 0 radical (unpaired) electrons. The number of carbonyl (C=O) groups excluding carboxylic acids is 1. The maximum atomic E-state index is 13.6. The van der Waals surface area contributed by atoms with Crippen LogP contribution in [0.3, 0.4) is 0 Å². The maximum Gasteiger partial charge on any atom is 0.254 e. The average Bonchev–Trinajstić information content (AvgIpc) is 3.47. The molecule has 3 aromatic rings. The molecule has 1 aromatic carbocycles. The average molecular weight is 359 g/mol. The molecule has 2 heterocycles. The van der Waals surface area contributed by atoms with Crippen LogP contribution in [-0.4, -0.2) is 27.8 Å². The molecule has 0 N–H and O–H groups in total. The molecule has 0 spiro atoms. The summed E-state index contributed by atoms with van der Waals surface area (Å²) in [4.78, 5) is 24.7. The van der Waals surface area contributed by atoms with Gasteiger partial charge in [-0.1, -0.05) is 17.7 Å². The second kappa shape index (κ2) is 6.76. The summed E-state index contributed by atoms with van der Waals surface area (Å²) in [7, 11) is 1.91. The van der Waals surface area contributed by atoms with Crippen molar-refractivity contribution in [3.05, 3.63) is 70.7 Å². The first-order valence-electron chi connectivity index (χ1n) is 9.52. The fraction of sp³-hybridized carbons (Fsp3) is 0.348. The molecule has 4 heteroatoms. The number of aryl methyl sites for hydroxylation is 3. The van der Waals surface area contributed by atoms with E-state index in [1.807, 2.05) is 49.3 Å². The van der Waals surface area contributed by atoms with Gasteiger partial charge < -0.3 is 4.90 Å². The zero-order valence-corrected chi connectivity index (χ0v) is 16.4. The van der Waals surface area contributed by atoms with Gasteiger partial charge in [0.2, 0.25) is 0 Å². The first kappa shape index (κ1) is 17.7. The Morgan fingerprint density at radius 3 is 2.59 bits per heavy atom. The van der Waals surface area contributed by atoms with Gasteiger partial charge in [0.25, 0.3) is 5.91 Å². The number of pyridine rings is 2. The Balaban J connectivity index is 1.80. The van der Waals surface area contributed by atoms with Crippen molar-refractivity contribution in [2.75, 3.05) is 7.05 Å². The van der Waals surface area contributed by atoms with E-state index in [-0.39, 0.29) is 11.9 Å². The first-order valence-corrected chi connectivity index (χ1v) is 9.52. The van der Waals surface area contributed by atoms with Crippen molar-refractivity contribution < 1.29 is 4.79 Å². The van der Waals surface area contributed by atoms with Crippen LogP contribution in [0.2, 0.25) is 0 Å². The molecular weight excluding hydrogens is 334 g/mol. The summed E-state index contributed by atoms with van der Waals surface area (Å²) in [5, 5.41) is 0.936. The minimum Gasteiger partial charge on any atom is -0.333 e. The van der Waals surface area contributed by atoms with E-state index in [0.717, 1.165) is 51.8 Å². The number of hydrogen-bond acceptors (Lipinski definition) is 3. The monoisotopic (exact) mass is 359 g/mol. The summed E-state index contributed by atoms with van der Waals surface area (Å²) < 4.78 is 0. The van der Waals surface area contributed by atoms with Gasteiger partial charge in [-0.2, -0.15) is 0 Å². The number of nitrogens with zero attached hydrogens (tertiary/aromatic N) is 3. The predicted molar refractivity (Wildman–Crippen MR) is 108 cm³/mol. The highest BCUT2D eigenvalue weighted by molar-refractivity contribution is 6.07. The van der Waals surface area contributed by atoms with Crippen molar-refractivity contribution in [2.45, 2.75) is 39.7 Å². The molecule has 1 saturated carbocycles. The van der Waals surface area contributed by atoms with Crippen molar-refractivity contribution in [3.8, 4) is 0 Å². The topological polar surface area (TPSA) is 46.1 Å². The van der Waals surface area contributed by atoms with Crippen LogP contribution >= 0.6 is 0 Å². The van der Waals surface area contributed by atoms with Crippen molar-refractivity contribution in [2.24, 2.45) is 5.92 Å². The minimum atomic E-state index is 0.0214. The van der Waals surface area contributed by atoms with Crippen molar-refractivity contribution in [3.63, 3.8) is 0 Å². The smallest absolute Gasteiger partial charge is 0.254 e. The summed E-state index contributed by atoms with van der Waals surface area (Å²) in [6, 6.07) is 12.1. The molecule has 0 aliphatic heterocycles. The second-order valence-electron chi connectivity index (χ2n) is 7.74. The number of hydrogen-bond donors (Lipinski definition) is 0. The third-order valence-electron chi connectivity index (χ3n) is 5.40. The molecule has 27 heavy (non-hydrogen) atoms. The molecule has 1 aliphatic rings. The van der Waals surface area contributed by atoms with E-state index in [9.17, 15) is 4.79 Å². The molecule has 1 atom stereocenters. The van der Waals surface area contributed by atoms with Gasteiger partial charge in [0, 0.05) is 24.3 Å². The lowest BCUT2D eigenvalue weighted by Crippen LogP contribution is -2.33. The van der Waals surface area contributed by atoms with E-state index in [0.29, 0.717) is 5.92 Å². The highest BCUT2D eigenvalue weighted by Gasteiger charge is 2.38. The number of benzene rings is 1. The first-order chi connectivity index (χ1) is 13.0.